The molecule has 1 aromatic rings. The van der Waals surface area contributed by atoms with Crippen LogP contribution in [0.1, 0.15) is 48.5 Å². The summed E-state index contributed by atoms with van der Waals surface area (Å²) in [5, 5.41) is 5.88. The van der Waals surface area contributed by atoms with Crippen LogP contribution in [0.15, 0.2) is 23.1 Å². The number of carbonyl (C=O) groups excluding carboxylic acids is 1. The standard InChI is InChI=1S/C18H29N3O3S.ClH/c1-14-8-9-16(13-17(14)18(22)20-11-6-10-19-3)25(23,24)21-12-5-4-7-15(21)2;/h8-9,13,15,19H,4-7,10-12H2,1-3H3,(H,20,22);1H. The minimum Gasteiger partial charge on any atom is -0.352 e. The molecule has 1 unspecified atom stereocenters. The van der Waals surface area contributed by atoms with Gasteiger partial charge in [0, 0.05) is 24.7 Å². The number of aryl methyl sites for hydroxylation is 1. The molecule has 8 heteroatoms. The van der Waals surface area contributed by atoms with E-state index < -0.39 is 10.0 Å². The first-order valence-corrected chi connectivity index (χ1v) is 10.4. The topological polar surface area (TPSA) is 78.5 Å². The molecule has 1 aromatic carbocycles. The Morgan fingerprint density at radius 1 is 1.27 bits per heavy atom. The highest BCUT2D eigenvalue weighted by Gasteiger charge is 2.31. The van der Waals surface area contributed by atoms with Crippen LogP contribution in [0.3, 0.4) is 0 Å². The monoisotopic (exact) mass is 403 g/mol. The van der Waals surface area contributed by atoms with Crippen molar-refractivity contribution < 1.29 is 13.2 Å². The Kier molecular flexibility index (Phi) is 9.03. The van der Waals surface area contributed by atoms with Gasteiger partial charge < -0.3 is 10.6 Å². The third kappa shape index (κ3) is 5.42. The molecular formula is C18H30ClN3O3S. The second-order valence-corrected chi connectivity index (χ2v) is 8.54. The molecule has 1 aliphatic heterocycles. The van der Waals surface area contributed by atoms with Crippen LogP contribution in [0.25, 0.3) is 0 Å². The van der Waals surface area contributed by atoms with E-state index in [9.17, 15) is 13.2 Å². The van der Waals surface area contributed by atoms with Crippen molar-refractivity contribution in [3.8, 4) is 0 Å². The quantitative estimate of drug-likeness (QED) is 0.685. The Balaban J connectivity index is 0.00000338. The number of nitrogens with zero attached hydrogens (tertiary/aromatic N) is 1. The molecule has 1 aliphatic rings. The Hall–Kier alpha value is -1.15. The number of hydrogen-bond donors (Lipinski definition) is 2. The molecule has 0 spiro atoms. The molecule has 0 bridgehead atoms. The number of hydrogen-bond acceptors (Lipinski definition) is 4. The molecule has 1 saturated heterocycles. The maximum absolute atomic E-state index is 13.0. The summed E-state index contributed by atoms with van der Waals surface area (Å²) >= 11 is 0. The zero-order chi connectivity index (χ0) is 18.4. The minimum absolute atomic E-state index is 0. The van der Waals surface area contributed by atoms with Crippen molar-refractivity contribution in [3.05, 3.63) is 29.3 Å². The summed E-state index contributed by atoms with van der Waals surface area (Å²) in [7, 11) is -1.71. The van der Waals surface area contributed by atoms with E-state index in [1.807, 2.05) is 20.9 Å². The van der Waals surface area contributed by atoms with Gasteiger partial charge in [-0.3, -0.25) is 4.79 Å². The van der Waals surface area contributed by atoms with E-state index in [4.69, 9.17) is 0 Å². The van der Waals surface area contributed by atoms with Gasteiger partial charge in [0.05, 0.1) is 4.90 Å². The van der Waals surface area contributed by atoms with Crippen molar-refractivity contribution in [3.63, 3.8) is 0 Å². The van der Waals surface area contributed by atoms with Crippen molar-refractivity contribution in [1.29, 1.82) is 0 Å². The number of carbonyl (C=O) groups is 1. The smallest absolute Gasteiger partial charge is 0.251 e. The van der Waals surface area contributed by atoms with Crippen LogP contribution < -0.4 is 10.6 Å². The van der Waals surface area contributed by atoms with E-state index in [1.165, 1.54) is 6.07 Å². The highest BCUT2D eigenvalue weighted by atomic mass is 35.5. The van der Waals surface area contributed by atoms with Crippen LogP contribution in [-0.4, -0.2) is 51.4 Å². The lowest BCUT2D eigenvalue weighted by Crippen LogP contribution is -2.42. The summed E-state index contributed by atoms with van der Waals surface area (Å²) in [5.41, 5.74) is 1.20. The predicted molar refractivity (Wildman–Crippen MR) is 107 cm³/mol. The molecule has 0 aliphatic carbocycles. The molecular weight excluding hydrogens is 374 g/mol. The van der Waals surface area contributed by atoms with E-state index in [-0.39, 0.29) is 29.3 Å². The molecule has 2 N–H and O–H groups in total. The van der Waals surface area contributed by atoms with Gasteiger partial charge in [-0.2, -0.15) is 4.31 Å². The van der Waals surface area contributed by atoms with E-state index in [2.05, 4.69) is 10.6 Å². The fraction of sp³-hybridized carbons (Fsp3) is 0.611. The zero-order valence-electron chi connectivity index (χ0n) is 15.7. The predicted octanol–water partition coefficient (Wildman–Crippen LogP) is 2.32. The Morgan fingerprint density at radius 2 is 2.00 bits per heavy atom. The zero-order valence-corrected chi connectivity index (χ0v) is 17.4. The van der Waals surface area contributed by atoms with Gasteiger partial charge in [-0.15, -0.1) is 12.4 Å². The lowest BCUT2D eigenvalue weighted by molar-refractivity contribution is 0.0952. The van der Waals surface area contributed by atoms with Crippen molar-refractivity contribution in [2.45, 2.75) is 50.5 Å². The molecule has 1 atom stereocenters. The minimum atomic E-state index is -3.57. The first-order valence-electron chi connectivity index (χ1n) is 8.93. The van der Waals surface area contributed by atoms with Gasteiger partial charge in [0.15, 0.2) is 0 Å². The van der Waals surface area contributed by atoms with Crippen LogP contribution in [0, 0.1) is 6.92 Å². The van der Waals surface area contributed by atoms with Crippen molar-refractivity contribution in [2.24, 2.45) is 0 Å². The summed E-state index contributed by atoms with van der Waals surface area (Å²) in [6.07, 6.45) is 3.64. The summed E-state index contributed by atoms with van der Waals surface area (Å²) < 4.78 is 27.5. The van der Waals surface area contributed by atoms with E-state index in [0.29, 0.717) is 18.7 Å². The maximum Gasteiger partial charge on any atom is 0.251 e. The summed E-state index contributed by atoms with van der Waals surface area (Å²) in [4.78, 5) is 12.6. The van der Waals surface area contributed by atoms with E-state index in [1.54, 1.807) is 16.4 Å². The van der Waals surface area contributed by atoms with Crippen LogP contribution in [0.2, 0.25) is 0 Å². The Morgan fingerprint density at radius 3 is 2.65 bits per heavy atom. The lowest BCUT2D eigenvalue weighted by atomic mass is 10.1. The van der Waals surface area contributed by atoms with Gasteiger partial charge in [-0.25, -0.2) is 8.42 Å². The number of halogens is 1. The van der Waals surface area contributed by atoms with Crippen LogP contribution in [-0.2, 0) is 10.0 Å². The Labute approximate surface area is 163 Å². The van der Waals surface area contributed by atoms with Crippen molar-refractivity contribution in [1.82, 2.24) is 14.9 Å². The van der Waals surface area contributed by atoms with E-state index in [0.717, 1.165) is 37.8 Å². The van der Waals surface area contributed by atoms with Crippen molar-refractivity contribution in [2.75, 3.05) is 26.7 Å². The number of piperidine rings is 1. The number of amides is 1. The summed E-state index contributed by atoms with van der Waals surface area (Å²) in [6, 6.07) is 4.83. The third-order valence-electron chi connectivity index (χ3n) is 4.69. The number of nitrogens with one attached hydrogen (secondary N) is 2. The molecule has 0 aromatic heterocycles. The van der Waals surface area contributed by atoms with Gasteiger partial charge in [0.25, 0.3) is 5.91 Å². The second-order valence-electron chi connectivity index (χ2n) is 6.65. The second kappa shape index (κ2) is 10.3. The molecule has 26 heavy (non-hydrogen) atoms. The van der Waals surface area contributed by atoms with Crippen molar-refractivity contribution >= 4 is 28.3 Å². The molecule has 6 nitrogen and oxygen atoms in total. The van der Waals surface area contributed by atoms with Crippen LogP contribution in [0.4, 0.5) is 0 Å². The van der Waals surface area contributed by atoms with Gasteiger partial charge >= 0.3 is 0 Å². The van der Waals surface area contributed by atoms with Gasteiger partial charge in [-0.1, -0.05) is 12.5 Å². The normalized spacial score (nSPS) is 18.2. The third-order valence-corrected chi connectivity index (χ3v) is 6.70. The van der Waals surface area contributed by atoms with Gasteiger partial charge in [-0.05, 0) is 64.4 Å². The number of benzene rings is 1. The van der Waals surface area contributed by atoms with Gasteiger partial charge in [0.1, 0.15) is 0 Å². The molecule has 0 saturated carbocycles. The van der Waals surface area contributed by atoms with E-state index >= 15 is 0 Å². The average molecular weight is 404 g/mol. The highest BCUT2D eigenvalue weighted by Crippen LogP contribution is 2.26. The molecule has 148 valence electrons. The van der Waals surface area contributed by atoms with Crippen LogP contribution >= 0.6 is 12.4 Å². The Bertz CT molecular complexity index is 710. The average Bonchev–Trinajstić information content (AvgIpc) is 2.59. The first-order chi connectivity index (χ1) is 11.9. The SMILES string of the molecule is CNCCCNC(=O)c1cc(S(=O)(=O)N2CCCCC2C)ccc1C.Cl. The summed E-state index contributed by atoms with van der Waals surface area (Å²) in [6.45, 7) is 5.69. The molecule has 1 heterocycles. The number of sulfonamides is 1. The summed E-state index contributed by atoms with van der Waals surface area (Å²) in [5.74, 6) is -0.225. The largest absolute Gasteiger partial charge is 0.352 e. The highest BCUT2D eigenvalue weighted by molar-refractivity contribution is 7.89. The molecule has 2 rings (SSSR count). The molecule has 0 radical (unpaired) electrons. The molecule has 1 amide bonds. The maximum atomic E-state index is 13.0. The first kappa shape index (κ1) is 22.9. The lowest BCUT2D eigenvalue weighted by Gasteiger charge is -2.32. The van der Waals surface area contributed by atoms with Crippen LogP contribution in [0.5, 0.6) is 0 Å². The number of rotatable bonds is 7. The fourth-order valence-corrected chi connectivity index (χ4v) is 4.86. The fourth-order valence-electron chi connectivity index (χ4n) is 3.13. The van der Waals surface area contributed by atoms with Gasteiger partial charge in [0.2, 0.25) is 10.0 Å². The molecule has 1 fully saturated rings.